The van der Waals surface area contributed by atoms with E-state index in [0.29, 0.717) is 4.65 Å². The lowest BCUT2D eigenvalue weighted by molar-refractivity contribution is 0.223. The fourth-order valence-corrected chi connectivity index (χ4v) is 2.01. The Labute approximate surface area is 64.2 Å². The van der Waals surface area contributed by atoms with Gasteiger partial charge in [-0.3, -0.25) is 0 Å². The van der Waals surface area contributed by atoms with Crippen molar-refractivity contribution in [3.8, 4) is 0 Å². The molecule has 0 N–H and O–H groups in total. The highest BCUT2D eigenvalue weighted by Gasteiger charge is 2.37. The first-order chi connectivity index (χ1) is 4.01. The molecule has 1 rings (SSSR count). The molecular weight excluding hydrogens is 127 g/mol. The zero-order valence-electron chi connectivity index (χ0n) is 6.52. The van der Waals surface area contributed by atoms with Gasteiger partial charge in [-0.15, -0.1) is 0 Å². The minimum absolute atomic E-state index is 0.370. The molecule has 0 atom stereocenters. The smallest absolute Gasteiger partial charge is 0.122 e. The number of thiol groups is 1. The second kappa shape index (κ2) is 2.23. The molecule has 0 aliphatic heterocycles. The quantitative estimate of drug-likeness (QED) is 0.414. The molecule has 0 unspecified atom stereocenters. The van der Waals surface area contributed by atoms with E-state index in [9.17, 15) is 0 Å². The first-order valence-electron chi connectivity index (χ1n) is 3.74. The summed E-state index contributed by atoms with van der Waals surface area (Å²) in [5, 5.41) is 0. The van der Waals surface area contributed by atoms with Crippen LogP contribution in [0.3, 0.4) is 0 Å². The zero-order chi connectivity index (χ0) is 7.07. The van der Waals surface area contributed by atoms with Crippen LogP contribution in [0.4, 0.5) is 0 Å². The van der Waals surface area contributed by atoms with E-state index in [2.05, 4.69) is 34.3 Å². The monoisotopic (exact) mass is 142 g/mol. The second-order valence-corrected chi connectivity index (χ2v) is 4.99. The van der Waals surface area contributed by atoms with Gasteiger partial charge in [0, 0.05) is 0 Å². The molecule has 0 amide bonds. The van der Waals surface area contributed by atoms with E-state index in [1.165, 1.54) is 12.8 Å². The molecule has 52 valence electrons. The Morgan fingerprint density at radius 2 is 2.00 bits per heavy atom. The zero-order valence-corrected chi connectivity index (χ0v) is 7.41. The number of hydrogen-bond acceptors (Lipinski definition) is 1. The highest BCUT2D eigenvalue weighted by Crippen LogP contribution is 2.43. The summed E-state index contributed by atoms with van der Waals surface area (Å²) in [4.78, 5) is 0. The van der Waals surface area contributed by atoms with Gasteiger partial charge in [0.15, 0.2) is 0 Å². The predicted molar refractivity (Wildman–Crippen MR) is 47.8 cm³/mol. The Morgan fingerprint density at radius 3 is 2.11 bits per heavy atom. The van der Waals surface area contributed by atoms with Crippen LogP contribution in [0.5, 0.6) is 0 Å². The van der Waals surface area contributed by atoms with E-state index in [1.807, 2.05) is 0 Å². The average Bonchev–Trinajstić information content (AvgIpc) is 1.59. The van der Waals surface area contributed by atoms with Crippen molar-refractivity contribution in [3.05, 3.63) is 0 Å². The Hall–Kier alpha value is 0.415. The molecule has 0 heterocycles. The largest absolute Gasteiger partial charge is 0.182 e. The van der Waals surface area contributed by atoms with Crippen LogP contribution in [0.25, 0.3) is 0 Å². The number of rotatable bonds is 1. The lowest BCUT2D eigenvalue weighted by Gasteiger charge is -2.44. The molecule has 1 fully saturated rings. The summed E-state index contributed by atoms with van der Waals surface area (Å²) < 4.78 is 0.370. The third kappa shape index (κ3) is 1.67. The van der Waals surface area contributed by atoms with Crippen LogP contribution in [-0.2, 0) is 0 Å². The van der Waals surface area contributed by atoms with Gasteiger partial charge in [0.2, 0.25) is 0 Å². The van der Waals surface area contributed by atoms with Crippen LogP contribution < -0.4 is 0 Å². The van der Waals surface area contributed by atoms with E-state index in [4.69, 9.17) is 0 Å². The molecule has 0 radical (unpaired) electrons. The van der Waals surface area contributed by atoms with Crippen molar-refractivity contribution < 1.29 is 0 Å². The van der Waals surface area contributed by atoms with Crippen molar-refractivity contribution in [1.29, 1.82) is 0 Å². The lowest BCUT2D eigenvalue weighted by atomic mass is 9.60. The van der Waals surface area contributed by atoms with Crippen molar-refractivity contribution in [2.75, 3.05) is 0 Å². The summed E-state index contributed by atoms with van der Waals surface area (Å²) in [6.45, 7) is 4.60. The molecule has 0 aromatic heterocycles. The molecule has 0 aromatic carbocycles. The molecule has 0 aromatic rings. The maximum Gasteiger partial charge on any atom is 0.122 e. The highest BCUT2D eigenvalue weighted by molar-refractivity contribution is 7.83. The van der Waals surface area contributed by atoms with E-state index >= 15 is 0 Å². The lowest BCUT2D eigenvalue weighted by Crippen LogP contribution is -2.41. The standard InChI is InChI=1S/C7H15BS/c1-5(2)6-3-7(8,9)4-6/h5-6,9H,3-4,8H2,1-2H3. The van der Waals surface area contributed by atoms with Crippen LogP contribution in [0.2, 0.25) is 0 Å². The SMILES string of the molecule is BC1(S)CC(C(C)C)C1. The first-order valence-corrected chi connectivity index (χ1v) is 4.18. The van der Waals surface area contributed by atoms with Crippen LogP contribution in [0.1, 0.15) is 26.7 Å². The van der Waals surface area contributed by atoms with Crippen LogP contribution in [0, 0.1) is 11.8 Å². The molecule has 1 aliphatic carbocycles. The van der Waals surface area contributed by atoms with Gasteiger partial charge in [-0.05, 0) is 29.3 Å². The van der Waals surface area contributed by atoms with Crippen LogP contribution in [-0.4, -0.2) is 12.5 Å². The Bertz CT molecular complexity index is 101. The number of hydrogen-bond donors (Lipinski definition) is 1. The van der Waals surface area contributed by atoms with E-state index in [0.717, 1.165) is 11.8 Å². The van der Waals surface area contributed by atoms with Gasteiger partial charge >= 0.3 is 0 Å². The highest BCUT2D eigenvalue weighted by atomic mass is 32.1. The molecule has 0 spiro atoms. The van der Waals surface area contributed by atoms with Crippen molar-refractivity contribution >= 4 is 20.5 Å². The Morgan fingerprint density at radius 1 is 1.56 bits per heavy atom. The predicted octanol–water partition coefficient (Wildman–Crippen LogP) is 1.31. The molecule has 0 nitrogen and oxygen atoms in total. The maximum absolute atomic E-state index is 4.50. The summed E-state index contributed by atoms with van der Waals surface area (Å²) in [5.74, 6) is 1.82. The summed E-state index contributed by atoms with van der Waals surface area (Å²) in [6.07, 6.45) is 2.63. The van der Waals surface area contributed by atoms with E-state index < -0.39 is 0 Å². The molecule has 2 heteroatoms. The summed E-state index contributed by atoms with van der Waals surface area (Å²) in [7, 11) is 2.23. The average molecular weight is 142 g/mol. The summed E-state index contributed by atoms with van der Waals surface area (Å²) in [5.41, 5.74) is 0. The maximum atomic E-state index is 4.50. The van der Waals surface area contributed by atoms with Crippen molar-refractivity contribution in [1.82, 2.24) is 0 Å². The van der Waals surface area contributed by atoms with Gasteiger partial charge in [0.05, 0.1) is 0 Å². The second-order valence-electron chi connectivity index (χ2n) is 3.91. The molecular formula is C7H15BS. The van der Waals surface area contributed by atoms with Crippen LogP contribution >= 0.6 is 12.6 Å². The topological polar surface area (TPSA) is 0 Å². The van der Waals surface area contributed by atoms with E-state index in [1.54, 1.807) is 0 Å². The van der Waals surface area contributed by atoms with Gasteiger partial charge in [0.1, 0.15) is 7.85 Å². The van der Waals surface area contributed by atoms with Crippen molar-refractivity contribution in [2.24, 2.45) is 11.8 Å². The molecule has 9 heavy (non-hydrogen) atoms. The fourth-order valence-electron chi connectivity index (χ4n) is 1.54. The van der Waals surface area contributed by atoms with Crippen LogP contribution in [0.15, 0.2) is 0 Å². The van der Waals surface area contributed by atoms with Gasteiger partial charge < -0.3 is 0 Å². The normalized spacial score (nSPS) is 42.9. The van der Waals surface area contributed by atoms with Gasteiger partial charge in [-0.25, -0.2) is 0 Å². The minimum Gasteiger partial charge on any atom is -0.182 e. The van der Waals surface area contributed by atoms with Gasteiger partial charge in [0.25, 0.3) is 0 Å². The third-order valence-electron chi connectivity index (χ3n) is 2.35. The minimum atomic E-state index is 0.370. The third-order valence-corrected chi connectivity index (χ3v) is 2.71. The molecule has 0 bridgehead atoms. The molecule has 0 saturated heterocycles. The Kier molecular flexibility index (Phi) is 1.86. The Balaban J connectivity index is 2.27. The van der Waals surface area contributed by atoms with Gasteiger partial charge in [-0.2, -0.15) is 12.6 Å². The van der Waals surface area contributed by atoms with Crippen molar-refractivity contribution in [2.45, 2.75) is 31.3 Å². The van der Waals surface area contributed by atoms with Crippen molar-refractivity contribution in [3.63, 3.8) is 0 Å². The molecule has 1 aliphatic rings. The first kappa shape index (κ1) is 7.52. The van der Waals surface area contributed by atoms with Gasteiger partial charge in [-0.1, -0.05) is 13.8 Å². The fraction of sp³-hybridized carbons (Fsp3) is 1.00. The van der Waals surface area contributed by atoms with E-state index in [-0.39, 0.29) is 0 Å². The summed E-state index contributed by atoms with van der Waals surface area (Å²) >= 11 is 4.50. The summed E-state index contributed by atoms with van der Waals surface area (Å²) in [6, 6.07) is 0. The molecule has 1 saturated carbocycles.